The lowest BCUT2D eigenvalue weighted by atomic mass is 9.92. The average Bonchev–Trinajstić information content (AvgIpc) is 3.04. The molecule has 1 N–H and O–H groups in total. The minimum atomic E-state index is -0.822. The molecule has 1 aliphatic heterocycles. The zero-order valence-corrected chi connectivity index (χ0v) is 18.6. The van der Waals surface area contributed by atoms with E-state index in [9.17, 15) is 19.5 Å². The second kappa shape index (κ2) is 9.68. The maximum absolute atomic E-state index is 13.1. The maximum Gasteiger partial charge on any atom is 0.338 e. The van der Waals surface area contributed by atoms with Crippen LogP contribution in [0.15, 0.2) is 59.9 Å². The molecule has 32 heavy (non-hydrogen) atoms. The number of aliphatic hydroxyl groups excluding tert-OH is 1. The van der Waals surface area contributed by atoms with Crippen molar-refractivity contribution in [3.05, 3.63) is 71.0 Å². The second-order valence-electron chi connectivity index (χ2n) is 7.91. The number of anilines is 1. The standard InChI is InChI=1S/C25H27NO6/c1-5-32-25(30)16-9-11-18(12-10-16)26-22(17-7-6-8-19(14-17)31-4)21(23(28)24(26)29)20(27)13-15(2)3/h6-12,14-15,22,28H,5,13H2,1-4H3. The van der Waals surface area contributed by atoms with Gasteiger partial charge in [0.05, 0.1) is 30.9 Å². The van der Waals surface area contributed by atoms with Crippen molar-refractivity contribution in [2.45, 2.75) is 33.2 Å². The summed E-state index contributed by atoms with van der Waals surface area (Å²) in [5.74, 6) is -1.36. The van der Waals surface area contributed by atoms with E-state index in [1.807, 2.05) is 13.8 Å². The Hall–Kier alpha value is -3.61. The van der Waals surface area contributed by atoms with Crippen LogP contribution in [-0.2, 0) is 14.3 Å². The van der Waals surface area contributed by atoms with Crippen molar-refractivity contribution in [2.24, 2.45) is 5.92 Å². The zero-order chi connectivity index (χ0) is 23.4. The lowest BCUT2D eigenvalue weighted by Gasteiger charge is -2.27. The highest BCUT2D eigenvalue weighted by Crippen LogP contribution is 2.42. The number of esters is 1. The Kier molecular flexibility index (Phi) is 6.98. The molecule has 1 heterocycles. The van der Waals surface area contributed by atoms with E-state index in [4.69, 9.17) is 9.47 Å². The molecule has 1 atom stereocenters. The summed E-state index contributed by atoms with van der Waals surface area (Å²) in [6.07, 6.45) is 0.197. The van der Waals surface area contributed by atoms with Crippen molar-refractivity contribution in [1.29, 1.82) is 0 Å². The number of amides is 1. The van der Waals surface area contributed by atoms with Gasteiger partial charge in [-0.1, -0.05) is 26.0 Å². The van der Waals surface area contributed by atoms with Crippen LogP contribution >= 0.6 is 0 Å². The Labute approximate surface area is 187 Å². The predicted octanol–water partition coefficient (Wildman–Crippen LogP) is 4.39. The van der Waals surface area contributed by atoms with Gasteiger partial charge in [0.25, 0.3) is 5.91 Å². The summed E-state index contributed by atoms with van der Waals surface area (Å²) in [6.45, 7) is 5.78. The molecule has 0 bridgehead atoms. The summed E-state index contributed by atoms with van der Waals surface area (Å²) >= 11 is 0. The highest BCUT2D eigenvalue weighted by molar-refractivity contribution is 6.16. The van der Waals surface area contributed by atoms with Gasteiger partial charge >= 0.3 is 5.97 Å². The minimum Gasteiger partial charge on any atom is -0.503 e. The summed E-state index contributed by atoms with van der Waals surface area (Å²) in [4.78, 5) is 39.5. The number of hydrogen-bond acceptors (Lipinski definition) is 6. The molecule has 7 heteroatoms. The number of carbonyl (C=O) groups is 3. The molecule has 1 aliphatic rings. The molecule has 7 nitrogen and oxygen atoms in total. The number of carbonyl (C=O) groups excluding carboxylic acids is 3. The van der Waals surface area contributed by atoms with Crippen molar-refractivity contribution < 1.29 is 29.0 Å². The van der Waals surface area contributed by atoms with E-state index in [1.54, 1.807) is 55.5 Å². The first kappa shape index (κ1) is 23.1. The third kappa shape index (κ3) is 4.51. The van der Waals surface area contributed by atoms with Crippen molar-refractivity contribution >= 4 is 23.3 Å². The second-order valence-corrected chi connectivity index (χ2v) is 7.91. The number of nitrogens with zero attached hydrogens (tertiary/aromatic N) is 1. The van der Waals surface area contributed by atoms with E-state index >= 15 is 0 Å². The van der Waals surface area contributed by atoms with Crippen LogP contribution in [-0.4, -0.2) is 36.5 Å². The third-order valence-electron chi connectivity index (χ3n) is 5.17. The summed E-state index contributed by atoms with van der Waals surface area (Å²) in [5, 5.41) is 10.7. The normalized spacial score (nSPS) is 16.0. The number of ketones is 1. The van der Waals surface area contributed by atoms with E-state index in [0.29, 0.717) is 22.6 Å². The number of aliphatic hydroxyl groups is 1. The van der Waals surface area contributed by atoms with Gasteiger partial charge in [0, 0.05) is 12.1 Å². The molecule has 0 aromatic heterocycles. The van der Waals surface area contributed by atoms with Gasteiger partial charge in [-0.05, 0) is 54.8 Å². The largest absolute Gasteiger partial charge is 0.503 e. The molecule has 1 unspecified atom stereocenters. The van der Waals surface area contributed by atoms with Crippen LogP contribution in [0.4, 0.5) is 5.69 Å². The minimum absolute atomic E-state index is 0.0572. The molecule has 168 valence electrons. The molecule has 2 aromatic carbocycles. The van der Waals surface area contributed by atoms with Crippen LogP contribution in [0.1, 0.15) is 49.2 Å². The molecule has 0 radical (unpaired) electrons. The van der Waals surface area contributed by atoms with Gasteiger partial charge in [-0.2, -0.15) is 0 Å². The fourth-order valence-corrected chi connectivity index (χ4v) is 3.74. The first-order valence-electron chi connectivity index (χ1n) is 10.5. The zero-order valence-electron chi connectivity index (χ0n) is 18.6. The van der Waals surface area contributed by atoms with Crippen LogP contribution in [0.25, 0.3) is 0 Å². The monoisotopic (exact) mass is 437 g/mol. The van der Waals surface area contributed by atoms with Gasteiger partial charge in [0.1, 0.15) is 5.75 Å². The Morgan fingerprint density at radius 1 is 1.12 bits per heavy atom. The first-order valence-corrected chi connectivity index (χ1v) is 10.5. The molecule has 3 rings (SSSR count). The lowest BCUT2D eigenvalue weighted by molar-refractivity contribution is -0.118. The number of Topliss-reactive ketones (excluding diaryl/α,β-unsaturated/α-hetero) is 1. The first-order chi connectivity index (χ1) is 15.3. The molecule has 0 saturated carbocycles. The summed E-state index contributed by atoms with van der Waals surface area (Å²) in [5.41, 5.74) is 1.47. The summed E-state index contributed by atoms with van der Waals surface area (Å²) < 4.78 is 10.3. The average molecular weight is 437 g/mol. The summed E-state index contributed by atoms with van der Waals surface area (Å²) in [7, 11) is 1.53. The van der Waals surface area contributed by atoms with Gasteiger partial charge in [0.15, 0.2) is 11.5 Å². The molecule has 0 spiro atoms. The van der Waals surface area contributed by atoms with Crippen LogP contribution < -0.4 is 9.64 Å². The number of rotatable bonds is 8. The van der Waals surface area contributed by atoms with E-state index < -0.39 is 23.7 Å². The van der Waals surface area contributed by atoms with Gasteiger partial charge < -0.3 is 14.6 Å². The predicted molar refractivity (Wildman–Crippen MR) is 120 cm³/mol. The van der Waals surface area contributed by atoms with Crippen LogP contribution in [0.3, 0.4) is 0 Å². The molecule has 0 saturated heterocycles. The fourth-order valence-electron chi connectivity index (χ4n) is 3.74. The Balaban J connectivity index is 2.09. The Morgan fingerprint density at radius 3 is 2.41 bits per heavy atom. The van der Waals surface area contributed by atoms with Crippen molar-refractivity contribution in [1.82, 2.24) is 0 Å². The Morgan fingerprint density at radius 2 is 1.81 bits per heavy atom. The third-order valence-corrected chi connectivity index (χ3v) is 5.17. The number of ether oxygens (including phenoxy) is 2. The Bertz CT molecular complexity index is 1050. The van der Waals surface area contributed by atoms with Gasteiger partial charge in [-0.25, -0.2) is 4.79 Å². The van der Waals surface area contributed by atoms with E-state index in [-0.39, 0.29) is 30.3 Å². The van der Waals surface area contributed by atoms with Crippen molar-refractivity contribution in [2.75, 3.05) is 18.6 Å². The molecule has 2 aromatic rings. The quantitative estimate of drug-likeness (QED) is 0.616. The maximum atomic E-state index is 13.1. The number of methoxy groups -OCH3 is 1. The van der Waals surface area contributed by atoms with Crippen LogP contribution in [0.5, 0.6) is 5.75 Å². The van der Waals surface area contributed by atoms with Crippen LogP contribution in [0.2, 0.25) is 0 Å². The van der Waals surface area contributed by atoms with E-state index in [1.165, 1.54) is 12.0 Å². The molecule has 0 fully saturated rings. The number of hydrogen-bond donors (Lipinski definition) is 1. The SMILES string of the molecule is CCOC(=O)c1ccc(N2C(=O)C(O)=C(C(=O)CC(C)C)C2c2cccc(OC)c2)cc1. The van der Waals surface area contributed by atoms with E-state index in [0.717, 1.165) is 0 Å². The molecular formula is C25H27NO6. The van der Waals surface area contributed by atoms with Gasteiger partial charge in [-0.15, -0.1) is 0 Å². The molecule has 0 aliphatic carbocycles. The van der Waals surface area contributed by atoms with E-state index in [2.05, 4.69) is 0 Å². The van der Waals surface area contributed by atoms with Gasteiger partial charge in [-0.3, -0.25) is 14.5 Å². The van der Waals surface area contributed by atoms with Crippen LogP contribution in [0, 0.1) is 5.92 Å². The smallest absolute Gasteiger partial charge is 0.338 e. The van der Waals surface area contributed by atoms with Crippen molar-refractivity contribution in [3.8, 4) is 5.75 Å². The molecular weight excluding hydrogens is 410 g/mol. The van der Waals surface area contributed by atoms with Crippen molar-refractivity contribution in [3.63, 3.8) is 0 Å². The lowest BCUT2D eigenvalue weighted by Crippen LogP contribution is -2.31. The number of benzene rings is 2. The summed E-state index contributed by atoms with van der Waals surface area (Å²) in [6, 6.07) is 12.5. The highest BCUT2D eigenvalue weighted by Gasteiger charge is 2.44. The topological polar surface area (TPSA) is 93.1 Å². The molecule has 1 amide bonds. The van der Waals surface area contributed by atoms with Gasteiger partial charge in [0.2, 0.25) is 0 Å². The highest BCUT2D eigenvalue weighted by atomic mass is 16.5. The fraction of sp³-hybridized carbons (Fsp3) is 0.320.